The molecule has 2 rings (SSSR count). The fraction of sp³-hybridized carbons (Fsp3) is 0.444. The lowest BCUT2D eigenvalue weighted by molar-refractivity contribution is 0.579. The summed E-state index contributed by atoms with van der Waals surface area (Å²) in [7, 11) is 1.99. The minimum Gasteiger partial charge on any atom is -0.312 e. The summed E-state index contributed by atoms with van der Waals surface area (Å²) in [5, 5.41) is 3.26. The standard InChI is InChI=1S/C9H11BrN2/c1-11-8-3-2-6-4-7(10)5-12-9(6)8/h4-5,8,11H,2-3H2,1H3. The number of pyridine rings is 1. The van der Waals surface area contributed by atoms with E-state index in [1.54, 1.807) is 0 Å². The number of hydrogen-bond acceptors (Lipinski definition) is 2. The van der Waals surface area contributed by atoms with Crippen LogP contribution in [0.1, 0.15) is 23.7 Å². The van der Waals surface area contributed by atoms with Gasteiger partial charge in [0.1, 0.15) is 0 Å². The van der Waals surface area contributed by atoms with Gasteiger partial charge >= 0.3 is 0 Å². The molecule has 1 heterocycles. The van der Waals surface area contributed by atoms with Crippen LogP contribution in [0.4, 0.5) is 0 Å². The third kappa shape index (κ3) is 1.27. The minimum atomic E-state index is 0.466. The van der Waals surface area contributed by atoms with Gasteiger partial charge in [-0.25, -0.2) is 0 Å². The summed E-state index contributed by atoms with van der Waals surface area (Å²) in [5.41, 5.74) is 2.60. The van der Waals surface area contributed by atoms with E-state index in [1.165, 1.54) is 17.7 Å². The smallest absolute Gasteiger partial charge is 0.0605 e. The number of aromatic nitrogens is 1. The maximum atomic E-state index is 4.40. The zero-order valence-corrected chi connectivity index (χ0v) is 8.56. The van der Waals surface area contributed by atoms with Gasteiger partial charge in [-0.3, -0.25) is 4.98 Å². The number of fused-ring (bicyclic) bond motifs is 1. The molecule has 0 saturated heterocycles. The van der Waals surface area contributed by atoms with E-state index in [2.05, 4.69) is 32.3 Å². The lowest BCUT2D eigenvalue weighted by atomic mass is 10.2. The van der Waals surface area contributed by atoms with Gasteiger partial charge in [0.15, 0.2) is 0 Å². The van der Waals surface area contributed by atoms with Crippen LogP contribution in [0.25, 0.3) is 0 Å². The molecular weight excluding hydrogens is 216 g/mol. The van der Waals surface area contributed by atoms with E-state index < -0.39 is 0 Å². The van der Waals surface area contributed by atoms with Crippen molar-refractivity contribution in [1.29, 1.82) is 0 Å². The Kier molecular flexibility index (Phi) is 2.15. The predicted molar refractivity (Wildman–Crippen MR) is 52.1 cm³/mol. The monoisotopic (exact) mass is 226 g/mol. The first-order chi connectivity index (χ1) is 5.81. The average molecular weight is 227 g/mol. The van der Waals surface area contributed by atoms with Gasteiger partial charge in [0.25, 0.3) is 0 Å². The molecule has 64 valence electrons. The largest absolute Gasteiger partial charge is 0.312 e. The first-order valence-corrected chi connectivity index (χ1v) is 4.92. The molecule has 12 heavy (non-hydrogen) atoms. The molecule has 1 atom stereocenters. The normalized spacial score (nSPS) is 21.0. The number of nitrogens with zero attached hydrogens (tertiary/aromatic N) is 1. The van der Waals surface area contributed by atoms with Crippen molar-refractivity contribution in [3.63, 3.8) is 0 Å². The fourth-order valence-corrected chi connectivity index (χ4v) is 2.10. The molecule has 0 bridgehead atoms. The topological polar surface area (TPSA) is 24.9 Å². The second-order valence-electron chi connectivity index (χ2n) is 3.08. The lowest BCUT2D eigenvalue weighted by Crippen LogP contribution is -2.13. The Labute approximate surface area is 80.5 Å². The van der Waals surface area contributed by atoms with Gasteiger partial charge in [0.2, 0.25) is 0 Å². The van der Waals surface area contributed by atoms with Gasteiger partial charge in [-0.2, -0.15) is 0 Å². The van der Waals surface area contributed by atoms with Gasteiger partial charge in [-0.15, -0.1) is 0 Å². The first-order valence-electron chi connectivity index (χ1n) is 4.13. The SMILES string of the molecule is CNC1CCc2cc(Br)cnc21. The van der Waals surface area contributed by atoms with Crippen LogP contribution in [0.5, 0.6) is 0 Å². The van der Waals surface area contributed by atoms with Crippen LogP contribution in [0, 0.1) is 0 Å². The molecule has 0 radical (unpaired) electrons. The molecular formula is C9H11BrN2. The second-order valence-corrected chi connectivity index (χ2v) is 3.99. The Hall–Kier alpha value is -0.410. The Balaban J connectivity index is 2.40. The highest BCUT2D eigenvalue weighted by Gasteiger charge is 2.21. The third-order valence-corrected chi connectivity index (χ3v) is 2.78. The highest BCUT2D eigenvalue weighted by atomic mass is 79.9. The number of hydrogen-bond donors (Lipinski definition) is 1. The van der Waals surface area contributed by atoms with Gasteiger partial charge in [-0.05, 0) is 47.4 Å². The van der Waals surface area contributed by atoms with Crippen molar-refractivity contribution in [2.45, 2.75) is 18.9 Å². The highest BCUT2D eigenvalue weighted by Crippen LogP contribution is 2.30. The molecule has 1 N–H and O–H groups in total. The molecule has 3 heteroatoms. The molecule has 0 fully saturated rings. The summed E-state index contributed by atoms with van der Waals surface area (Å²) in [5.74, 6) is 0. The first kappa shape index (κ1) is 8.20. The summed E-state index contributed by atoms with van der Waals surface area (Å²) >= 11 is 3.42. The number of halogens is 1. The van der Waals surface area contributed by atoms with E-state index in [-0.39, 0.29) is 0 Å². The summed E-state index contributed by atoms with van der Waals surface area (Å²) in [4.78, 5) is 4.40. The molecule has 2 nitrogen and oxygen atoms in total. The molecule has 1 aromatic heterocycles. The number of rotatable bonds is 1. The molecule has 0 amide bonds. The van der Waals surface area contributed by atoms with Crippen molar-refractivity contribution < 1.29 is 0 Å². The Morgan fingerprint density at radius 1 is 1.67 bits per heavy atom. The summed E-state index contributed by atoms with van der Waals surface area (Å²) in [6, 6.07) is 2.63. The minimum absolute atomic E-state index is 0.466. The highest BCUT2D eigenvalue weighted by molar-refractivity contribution is 9.10. The van der Waals surface area contributed by atoms with E-state index in [9.17, 15) is 0 Å². The Morgan fingerprint density at radius 2 is 2.50 bits per heavy atom. The van der Waals surface area contributed by atoms with Crippen LogP contribution in [0.2, 0.25) is 0 Å². The van der Waals surface area contributed by atoms with E-state index in [0.29, 0.717) is 6.04 Å². The molecule has 1 aromatic rings. The third-order valence-electron chi connectivity index (χ3n) is 2.35. The van der Waals surface area contributed by atoms with Crippen molar-refractivity contribution >= 4 is 15.9 Å². The van der Waals surface area contributed by atoms with Gasteiger partial charge in [0.05, 0.1) is 5.69 Å². The van der Waals surface area contributed by atoms with Crippen molar-refractivity contribution in [2.24, 2.45) is 0 Å². The van der Waals surface area contributed by atoms with Crippen LogP contribution in [-0.4, -0.2) is 12.0 Å². The maximum Gasteiger partial charge on any atom is 0.0605 e. The van der Waals surface area contributed by atoms with Gasteiger partial charge in [0, 0.05) is 16.7 Å². The van der Waals surface area contributed by atoms with Crippen molar-refractivity contribution in [3.8, 4) is 0 Å². The Bertz CT molecular complexity index is 299. The molecule has 1 aliphatic carbocycles. The summed E-state index contributed by atoms with van der Waals surface area (Å²) in [6.07, 6.45) is 4.19. The van der Waals surface area contributed by atoms with Gasteiger partial charge < -0.3 is 5.32 Å². The van der Waals surface area contributed by atoms with E-state index >= 15 is 0 Å². The van der Waals surface area contributed by atoms with Crippen LogP contribution >= 0.6 is 15.9 Å². The molecule has 0 saturated carbocycles. The predicted octanol–water partition coefficient (Wildman–Crippen LogP) is 2.05. The zero-order valence-electron chi connectivity index (χ0n) is 6.97. The Morgan fingerprint density at radius 3 is 3.25 bits per heavy atom. The zero-order chi connectivity index (χ0) is 8.55. The number of aryl methyl sites for hydroxylation is 1. The van der Waals surface area contributed by atoms with Crippen LogP contribution in [0.3, 0.4) is 0 Å². The van der Waals surface area contributed by atoms with Crippen molar-refractivity contribution in [2.75, 3.05) is 7.05 Å². The van der Waals surface area contributed by atoms with E-state index in [4.69, 9.17) is 0 Å². The summed E-state index contributed by atoms with van der Waals surface area (Å²) < 4.78 is 1.08. The van der Waals surface area contributed by atoms with E-state index in [1.807, 2.05) is 13.2 Å². The van der Waals surface area contributed by atoms with E-state index in [0.717, 1.165) is 10.9 Å². The number of nitrogens with one attached hydrogen (secondary N) is 1. The quantitative estimate of drug-likeness (QED) is 0.794. The molecule has 0 spiro atoms. The maximum absolute atomic E-state index is 4.40. The lowest BCUT2D eigenvalue weighted by Gasteiger charge is -2.07. The second kappa shape index (κ2) is 3.15. The fourth-order valence-electron chi connectivity index (χ4n) is 1.72. The van der Waals surface area contributed by atoms with Gasteiger partial charge in [-0.1, -0.05) is 0 Å². The van der Waals surface area contributed by atoms with Crippen molar-refractivity contribution in [3.05, 3.63) is 28.0 Å². The van der Waals surface area contributed by atoms with Crippen LogP contribution in [-0.2, 0) is 6.42 Å². The van der Waals surface area contributed by atoms with Crippen LogP contribution < -0.4 is 5.32 Å². The van der Waals surface area contributed by atoms with Crippen LogP contribution in [0.15, 0.2) is 16.7 Å². The summed E-state index contributed by atoms with van der Waals surface area (Å²) in [6.45, 7) is 0. The molecule has 1 unspecified atom stereocenters. The molecule has 0 aromatic carbocycles. The van der Waals surface area contributed by atoms with Crippen molar-refractivity contribution in [1.82, 2.24) is 10.3 Å². The molecule has 1 aliphatic rings. The average Bonchev–Trinajstić information content (AvgIpc) is 2.46. The molecule has 0 aliphatic heterocycles.